The van der Waals surface area contributed by atoms with E-state index in [9.17, 15) is 95.9 Å². The second-order valence-corrected chi connectivity index (χ2v) is 37.2. The number of nitrogens with one attached hydrogen (secondary N) is 18. The van der Waals surface area contributed by atoms with Gasteiger partial charge in [-0.2, -0.15) is 25.3 Å². The molecule has 0 bridgehead atoms. The number of carbonyl (C=O) groups is 20. The maximum Gasteiger partial charge on any atom is 0.242 e. The molecule has 2 rings (SSSR count). The lowest BCUT2D eigenvalue weighted by Crippen LogP contribution is -2.47. The first-order chi connectivity index (χ1) is 66.4. The number of aromatic nitrogens is 4. The fourth-order valence-corrected chi connectivity index (χ4v) is 15.0. The highest BCUT2D eigenvalue weighted by molar-refractivity contribution is 14.1. The Kier molecular flexibility index (Phi) is 75.3. The van der Waals surface area contributed by atoms with Gasteiger partial charge in [0.2, 0.25) is 94.5 Å². The van der Waals surface area contributed by atoms with Crippen molar-refractivity contribution in [1.82, 2.24) is 105 Å². The summed E-state index contributed by atoms with van der Waals surface area (Å²) in [5.41, 5.74) is 1.30. The number of likely N-dealkylation sites (N-methyl/N-ethyl adjacent to an activating group) is 4. The SMILES string of the molecule is CC(=O)N[C@@H](CS)C(=O)CC(C)C.CC(=O)N[C@H](C(=O)CC(C)C)C(S)c1cnc[nH]1.CCNC(=O)[C@H](CCCNC(=O)CI)NC(=O)CCl.CCNC(=O)[C@H](CCCNC(=O)CSC[C@H](NC(C)=O)C(=O)CC(C)C)NC(=O)CCl.[2H]C([2H])([2H])CNC(=O)[C@H](CCCNC(=O)CI)NC(=O)CCl.[2H]C([2H])([2H])CNC(=O)[C@H](CCCNC(=O)CSC(c1cnc[nH]1)[C@H](NC(C)=O)C(=O)CC(C)C)NC(=O)CCl. The molecule has 10 atom stereocenters. The Bertz CT molecular complexity index is 4160. The molecular weight excluding hydrogens is 2160 g/mol. The van der Waals surface area contributed by atoms with E-state index in [1.807, 2.05) is 101 Å². The van der Waals surface area contributed by atoms with Crippen LogP contribution in [0.3, 0.4) is 0 Å². The quantitative estimate of drug-likeness (QED) is 0.0187. The fourth-order valence-electron chi connectivity index (χ4n) is 11.4. The standard InChI is InChI=1S/C23H37ClN6O5S.C20H35ClN4O5S.C12H19N3O2S.2C11H19ClIN3O3.C9H17NO2S/c1-5-26-23(35)16(30-19(33)10-24)7-6-8-27-20(34)12-36-22(17-11-25-13-28-17)21(29-15(4)31)18(32)9-14(2)3;1-5-22-20(30)15(25-18(28)10-21)7-6-8-23-19(29)12-31-11-16(24-14(4)26)17(27)9-13(2)3;1-7(2)4-10(17)11(15-8(3)16)12(18)9-5-13-6-14-9;2*1-2-14-11(19)8(16-9(17)6-12)4-3-5-15-10(18)7-13;1-6(2)4-9(12)8(5-13)10-7(3)11/h11,13-14,16,21-22H,5-10,12H2,1-4H3,(H,25,28)(H,26,35)(H,27,34)(H,29,31)(H,30,33);13,15-16H,5-12H2,1-4H3,(H,22,30)(H,23,29)(H,24,26)(H,25,28);5-7,11-12,18H,4H2,1-3H3,(H,13,14)(H,15,16);2*8H,2-7H2,1H3,(H,14,19)(H,15,18)(H,16,17);6,8,13H,4-5H2,1-3H3,(H,10,11)/t16-,21+,22?;15-,16-;11-,12?;3*8-/m001000/s1/i1D3;;;1D3;;. The minimum absolute atomic E-state index is 0.0187. The third kappa shape index (κ3) is 71.1. The summed E-state index contributed by atoms with van der Waals surface area (Å²) in [4.78, 5) is 248. The molecule has 0 spiro atoms. The summed E-state index contributed by atoms with van der Waals surface area (Å²) in [5.74, 6) is -5.08. The van der Waals surface area contributed by atoms with Crippen LogP contribution in [0, 0.1) is 23.7 Å². The Labute approximate surface area is 874 Å². The second-order valence-electron chi connectivity index (χ2n) is 31.5. The van der Waals surface area contributed by atoms with Crippen molar-refractivity contribution >= 4 is 258 Å². The first-order valence-electron chi connectivity index (χ1n) is 46.8. The van der Waals surface area contributed by atoms with Gasteiger partial charge >= 0.3 is 0 Å². The molecule has 0 aliphatic heterocycles. The number of carbonyl (C=O) groups excluding carboxylic acids is 20. The molecule has 0 saturated heterocycles. The second kappa shape index (κ2) is 83.4. The minimum atomic E-state index is -2.37. The fraction of sp³-hybridized carbons (Fsp3) is 0.698. The number of imidazole rings is 2. The number of ketones is 4. The zero-order valence-corrected chi connectivity index (χ0v) is 90.4. The van der Waals surface area contributed by atoms with E-state index in [1.54, 1.807) is 26.2 Å². The first-order valence-corrected chi connectivity index (χ1v) is 52.3. The van der Waals surface area contributed by atoms with Crippen molar-refractivity contribution in [2.75, 3.05) is 108 Å². The van der Waals surface area contributed by atoms with Crippen LogP contribution in [0.1, 0.15) is 218 Å². The molecule has 0 aromatic carbocycles. The summed E-state index contributed by atoms with van der Waals surface area (Å²) in [6.45, 7) is 21.2. The van der Waals surface area contributed by atoms with Crippen molar-refractivity contribution in [3.8, 4) is 0 Å². The van der Waals surface area contributed by atoms with Crippen LogP contribution in [0.2, 0.25) is 0 Å². The van der Waals surface area contributed by atoms with Crippen LogP contribution in [-0.2, 0) is 95.9 Å². The van der Waals surface area contributed by atoms with E-state index in [-0.39, 0.29) is 167 Å². The molecule has 776 valence electrons. The van der Waals surface area contributed by atoms with Crippen LogP contribution < -0.4 is 85.1 Å². The number of hydrogen-bond acceptors (Lipinski definition) is 26. The van der Waals surface area contributed by atoms with Gasteiger partial charge in [-0.05, 0) is 103 Å². The summed E-state index contributed by atoms with van der Waals surface area (Å²) in [5, 5.41) is 40.2. The molecule has 0 radical (unpaired) electrons. The molecule has 0 fully saturated rings. The van der Waals surface area contributed by atoms with E-state index < -0.39 is 115 Å². The Hall–Kier alpha value is -7.36. The van der Waals surface area contributed by atoms with Crippen LogP contribution >= 0.6 is 140 Å². The van der Waals surface area contributed by atoms with Crippen LogP contribution in [0.15, 0.2) is 25.0 Å². The van der Waals surface area contributed by atoms with Gasteiger partial charge in [0.1, 0.15) is 59.8 Å². The van der Waals surface area contributed by atoms with Gasteiger partial charge < -0.3 is 95.0 Å². The summed E-state index contributed by atoms with van der Waals surface area (Å²) < 4.78 is 43.5. The predicted molar refractivity (Wildman–Crippen MR) is 556 cm³/mol. The highest BCUT2D eigenvalue weighted by Gasteiger charge is 2.34. The number of Topliss-reactive ketones (excluding diaryl/α,β-unsaturated/α-hetero) is 4. The Morgan fingerprint density at radius 1 is 0.390 bits per heavy atom. The molecular formula is C86H146Cl4I2N20O20S4. The maximum atomic E-state index is 12.9. The molecule has 0 aliphatic carbocycles. The number of H-pyrrole nitrogens is 2. The average Bonchev–Trinajstić information content (AvgIpc) is 1.58. The lowest BCUT2D eigenvalue weighted by Gasteiger charge is -2.26. The molecule has 136 heavy (non-hydrogen) atoms. The number of thiol groups is 2. The number of alkyl halides is 6. The van der Waals surface area contributed by atoms with Crippen molar-refractivity contribution in [2.24, 2.45) is 23.7 Å². The normalized spacial score (nSPS) is 13.6. The highest BCUT2D eigenvalue weighted by atomic mass is 127. The average molecular weight is 2310 g/mol. The van der Waals surface area contributed by atoms with Gasteiger partial charge in [0.05, 0.1) is 61.3 Å². The smallest absolute Gasteiger partial charge is 0.242 e. The molecule has 2 aromatic heterocycles. The van der Waals surface area contributed by atoms with Crippen molar-refractivity contribution in [2.45, 2.75) is 247 Å². The van der Waals surface area contributed by atoms with Crippen LogP contribution in [0.4, 0.5) is 0 Å². The number of nitrogens with zero attached hydrogens (tertiary/aromatic N) is 2. The number of hydrogen-bond donors (Lipinski definition) is 20. The number of halogens is 6. The lowest BCUT2D eigenvalue weighted by atomic mass is 9.98. The molecule has 0 saturated carbocycles. The summed E-state index contributed by atoms with van der Waals surface area (Å²) in [6, 6.07) is -5.74. The third-order valence-corrected chi connectivity index (χ3v) is 22.9. The molecule has 2 unspecified atom stereocenters. The van der Waals surface area contributed by atoms with Crippen molar-refractivity contribution < 1.29 is 104 Å². The van der Waals surface area contributed by atoms with E-state index >= 15 is 0 Å². The van der Waals surface area contributed by atoms with E-state index in [2.05, 4.69) is 130 Å². The Morgan fingerprint density at radius 2 is 0.691 bits per heavy atom. The van der Waals surface area contributed by atoms with Crippen LogP contribution in [-0.4, -0.2) is 294 Å². The molecule has 2 aromatic rings. The van der Waals surface area contributed by atoms with E-state index in [1.165, 1.54) is 63.9 Å². The molecule has 16 amide bonds. The van der Waals surface area contributed by atoms with Gasteiger partial charge in [0.15, 0.2) is 23.1 Å². The van der Waals surface area contributed by atoms with Gasteiger partial charge in [0.25, 0.3) is 0 Å². The largest absolute Gasteiger partial charge is 0.355 e. The van der Waals surface area contributed by atoms with E-state index in [0.717, 1.165) is 0 Å². The summed E-state index contributed by atoms with van der Waals surface area (Å²) >= 11 is 36.5. The summed E-state index contributed by atoms with van der Waals surface area (Å²) in [6.07, 6.45) is 10.7. The summed E-state index contributed by atoms with van der Waals surface area (Å²) in [7, 11) is 0. The zero-order valence-electron chi connectivity index (χ0n) is 85.6. The van der Waals surface area contributed by atoms with Crippen molar-refractivity contribution in [1.29, 1.82) is 0 Å². The topological polar surface area (TPSA) is 591 Å². The number of amides is 16. The molecule has 0 aliphatic rings. The minimum Gasteiger partial charge on any atom is -0.355 e. The molecule has 50 heteroatoms. The highest BCUT2D eigenvalue weighted by Crippen LogP contribution is 2.33. The number of thioether (sulfide) groups is 2. The van der Waals surface area contributed by atoms with Gasteiger partial charge in [-0.3, -0.25) is 95.9 Å². The molecule has 2 heterocycles. The van der Waals surface area contributed by atoms with Gasteiger partial charge in [-0.15, -0.1) is 69.9 Å². The van der Waals surface area contributed by atoms with Crippen molar-refractivity contribution in [3.63, 3.8) is 0 Å². The van der Waals surface area contributed by atoms with E-state index in [4.69, 9.17) is 54.6 Å². The molecule has 18 N–H and O–H groups in total. The van der Waals surface area contributed by atoms with Crippen molar-refractivity contribution in [3.05, 3.63) is 36.4 Å². The van der Waals surface area contributed by atoms with E-state index in [0.29, 0.717) is 128 Å². The number of rotatable bonds is 62. The maximum absolute atomic E-state index is 12.9. The lowest BCUT2D eigenvalue weighted by molar-refractivity contribution is -0.128. The third-order valence-electron chi connectivity index (χ3n) is 17.3. The predicted octanol–water partition coefficient (Wildman–Crippen LogP) is 4.55. The zero-order chi connectivity index (χ0) is 109. The van der Waals surface area contributed by atoms with Gasteiger partial charge in [-0.25, -0.2) is 9.97 Å². The Balaban J connectivity index is -0.000000834. The number of aromatic amines is 2. The monoisotopic (exact) mass is 2310 g/mol. The van der Waals surface area contributed by atoms with Gasteiger partial charge in [0, 0.05) is 144 Å². The van der Waals surface area contributed by atoms with Gasteiger partial charge in [-0.1, -0.05) is 101 Å². The van der Waals surface area contributed by atoms with Crippen LogP contribution in [0.25, 0.3) is 0 Å². The first kappa shape index (κ1) is 123. The Morgan fingerprint density at radius 3 is 0.993 bits per heavy atom. The molecule has 40 nitrogen and oxygen atoms in total. The van der Waals surface area contributed by atoms with Crippen LogP contribution in [0.5, 0.6) is 0 Å².